The third kappa shape index (κ3) is 3.42. The van der Waals surface area contributed by atoms with Crippen molar-refractivity contribution in [2.45, 2.75) is 86.2 Å². The fourth-order valence-corrected chi connectivity index (χ4v) is 6.96. The molecule has 1 N–H and O–H groups in total. The lowest BCUT2D eigenvalue weighted by molar-refractivity contribution is 0.113. The van der Waals surface area contributed by atoms with E-state index in [1.807, 2.05) is 0 Å². The highest BCUT2D eigenvalue weighted by Gasteiger charge is 2.53. The number of fused-ring (bicyclic) bond motifs is 5. The number of hydrogen-bond acceptors (Lipinski definition) is 1. The van der Waals surface area contributed by atoms with Gasteiger partial charge in [-0.3, -0.25) is 0 Å². The molecule has 0 aromatic heterocycles. The van der Waals surface area contributed by atoms with Crippen molar-refractivity contribution in [2.24, 2.45) is 40.4 Å². The van der Waals surface area contributed by atoms with Gasteiger partial charge in [0.15, 0.2) is 0 Å². The molecule has 4 aliphatic carbocycles. The summed E-state index contributed by atoms with van der Waals surface area (Å²) in [5.74, 6) is 3.50. The van der Waals surface area contributed by atoms with Gasteiger partial charge in [-0.1, -0.05) is 77.5 Å². The molecule has 29 heavy (non-hydrogen) atoms. The van der Waals surface area contributed by atoms with Crippen molar-refractivity contribution >= 4 is 0 Å². The monoisotopic (exact) mass is 394 g/mol. The van der Waals surface area contributed by atoms with Crippen molar-refractivity contribution in [2.75, 3.05) is 0 Å². The molecule has 2 saturated carbocycles. The normalized spacial score (nSPS) is 41.2. The van der Waals surface area contributed by atoms with Gasteiger partial charge in [-0.15, -0.1) is 0 Å². The Hall–Kier alpha value is -1.08. The molecule has 0 aromatic carbocycles. The zero-order valence-corrected chi connectivity index (χ0v) is 19.5. The van der Waals surface area contributed by atoms with Crippen LogP contribution in [0.15, 0.2) is 47.1 Å². The summed E-state index contributed by atoms with van der Waals surface area (Å²) >= 11 is 0. The third-order valence-electron chi connectivity index (χ3n) is 9.45. The molecular formula is C28H42O. The summed E-state index contributed by atoms with van der Waals surface area (Å²) in [4.78, 5) is 0. The van der Waals surface area contributed by atoms with Crippen LogP contribution < -0.4 is 0 Å². The Morgan fingerprint density at radius 1 is 1.03 bits per heavy atom. The molecule has 4 rings (SSSR count). The van der Waals surface area contributed by atoms with Crippen LogP contribution >= 0.6 is 0 Å². The number of allylic oxidation sites excluding steroid dienone is 7. The SMILES string of the molecule is CC(C)[C@@H](C)C=C[C@@H](C)[C@H]1CC[C@H]2C3=CC=C4CC(O)CC[C@]4(C)C3=CC[C@]12C. The van der Waals surface area contributed by atoms with Crippen molar-refractivity contribution in [3.63, 3.8) is 0 Å². The van der Waals surface area contributed by atoms with E-state index in [0.717, 1.165) is 25.2 Å². The average molecular weight is 395 g/mol. The van der Waals surface area contributed by atoms with Crippen molar-refractivity contribution in [1.82, 2.24) is 0 Å². The van der Waals surface area contributed by atoms with Gasteiger partial charge in [0.25, 0.3) is 0 Å². The van der Waals surface area contributed by atoms with Crippen molar-refractivity contribution in [1.29, 1.82) is 0 Å². The smallest absolute Gasteiger partial charge is 0.0578 e. The molecule has 0 radical (unpaired) electrons. The van der Waals surface area contributed by atoms with Crippen molar-refractivity contribution < 1.29 is 5.11 Å². The zero-order valence-electron chi connectivity index (χ0n) is 19.5. The standard InChI is InChI=1S/C28H42O/c1-18(2)19(3)7-8-20(4)24-11-12-25-23-10-9-21-17-22(29)13-15-27(21,5)26(23)14-16-28(24,25)6/h7-10,14,18-20,22,24-25,29H,11-13,15-17H2,1-6H3/t19-,20+,22?,24+,25-,27-,28+/m0/s1. The van der Waals surface area contributed by atoms with Crippen LogP contribution in [0.1, 0.15) is 80.1 Å². The highest BCUT2D eigenvalue weighted by Crippen LogP contribution is 2.63. The zero-order chi connectivity index (χ0) is 21.0. The molecule has 160 valence electrons. The highest BCUT2D eigenvalue weighted by atomic mass is 16.3. The number of rotatable bonds is 4. The van der Waals surface area contributed by atoms with Gasteiger partial charge >= 0.3 is 0 Å². The molecule has 1 heteroatoms. The molecule has 1 nitrogen and oxygen atoms in total. The van der Waals surface area contributed by atoms with Crippen LogP contribution in [0, 0.1) is 40.4 Å². The van der Waals surface area contributed by atoms with Gasteiger partial charge < -0.3 is 5.11 Å². The average Bonchev–Trinajstić information content (AvgIpc) is 3.03. The Bertz CT molecular complexity index is 765. The second-order valence-corrected chi connectivity index (χ2v) is 11.5. The minimum atomic E-state index is -0.143. The molecule has 0 amide bonds. The summed E-state index contributed by atoms with van der Waals surface area (Å²) < 4.78 is 0. The predicted molar refractivity (Wildman–Crippen MR) is 123 cm³/mol. The molecular weight excluding hydrogens is 352 g/mol. The molecule has 2 fully saturated rings. The summed E-state index contributed by atoms with van der Waals surface area (Å²) in [7, 11) is 0. The van der Waals surface area contributed by atoms with Crippen LogP contribution in [0.25, 0.3) is 0 Å². The van der Waals surface area contributed by atoms with E-state index in [1.54, 1.807) is 11.1 Å². The van der Waals surface area contributed by atoms with Crippen LogP contribution in [0.2, 0.25) is 0 Å². The summed E-state index contributed by atoms with van der Waals surface area (Å²) in [5.41, 5.74) is 5.26. The first-order valence-electron chi connectivity index (χ1n) is 12.2. The third-order valence-corrected chi connectivity index (χ3v) is 9.45. The Morgan fingerprint density at radius 3 is 2.52 bits per heavy atom. The summed E-state index contributed by atoms with van der Waals surface area (Å²) in [6.07, 6.45) is 19.1. The fourth-order valence-electron chi connectivity index (χ4n) is 6.96. The lowest BCUT2D eigenvalue weighted by atomic mass is 9.54. The van der Waals surface area contributed by atoms with Crippen LogP contribution in [-0.4, -0.2) is 11.2 Å². The van der Waals surface area contributed by atoms with Crippen LogP contribution in [-0.2, 0) is 0 Å². The Kier molecular flexibility index (Phi) is 5.52. The van der Waals surface area contributed by atoms with E-state index in [0.29, 0.717) is 29.1 Å². The molecule has 4 aliphatic rings. The van der Waals surface area contributed by atoms with Gasteiger partial charge in [0.1, 0.15) is 0 Å². The molecule has 0 spiro atoms. The van der Waals surface area contributed by atoms with Gasteiger partial charge in [0.2, 0.25) is 0 Å². The fraction of sp³-hybridized carbons (Fsp3) is 0.714. The second-order valence-electron chi connectivity index (χ2n) is 11.5. The van der Waals surface area contributed by atoms with Gasteiger partial charge in [-0.25, -0.2) is 0 Å². The van der Waals surface area contributed by atoms with E-state index in [4.69, 9.17) is 0 Å². The lowest BCUT2D eigenvalue weighted by Crippen LogP contribution is -2.41. The van der Waals surface area contributed by atoms with E-state index in [9.17, 15) is 5.11 Å². The first-order chi connectivity index (χ1) is 13.7. The topological polar surface area (TPSA) is 20.2 Å². The van der Waals surface area contributed by atoms with Crippen LogP contribution in [0.4, 0.5) is 0 Å². The van der Waals surface area contributed by atoms with Gasteiger partial charge in [-0.2, -0.15) is 0 Å². The largest absolute Gasteiger partial charge is 0.393 e. The molecule has 1 unspecified atom stereocenters. The van der Waals surface area contributed by atoms with E-state index < -0.39 is 0 Å². The quantitative estimate of drug-likeness (QED) is 0.498. The number of hydrogen-bond donors (Lipinski definition) is 1. The van der Waals surface area contributed by atoms with E-state index in [-0.39, 0.29) is 11.5 Å². The maximum atomic E-state index is 10.2. The minimum Gasteiger partial charge on any atom is -0.393 e. The summed E-state index contributed by atoms with van der Waals surface area (Å²) in [6.45, 7) is 14.5. The predicted octanol–water partition coefficient (Wildman–Crippen LogP) is 7.25. The molecule has 0 saturated heterocycles. The first-order valence-corrected chi connectivity index (χ1v) is 12.2. The van der Waals surface area contributed by atoms with Crippen LogP contribution in [0.3, 0.4) is 0 Å². The number of aliphatic hydroxyl groups excluding tert-OH is 1. The summed E-state index contributed by atoms with van der Waals surface area (Å²) in [6, 6.07) is 0. The Morgan fingerprint density at radius 2 is 1.79 bits per heavy atom. The van der Waals surface area contributed by atoms with E-state index in [1.165, 1.54) is 24.8 Å². The molecule has 0 bridgehead atoms. The van der Waals surface area contributed by atoms with Crippen molar-refractivity contribution in [3.05, 3.63) is 47.1 Å². The van der Waals surface area contributed by atoms with Gasteiger partial charge in [0.05, 0.1) is 6.10 Å². The lowest BCUT2D eigenvalue weighted by Gasteiger charge is -2.50. The Labute approximate surface area is 179 Å². The molecule has 0 heterocycles. The first kappa shape index (κ1) is 21.2. The van der Waals surface area contributed by atoms with Crippen molar-refractivity contribution in [3.8, 4) is 0 Å². The highest BCUT2D eigenvalue weighted by molar-refractivity contribution is 5.53. The van der Waals surface area contributed by atoms with Gasteiger partial charge in [0, 0.05) is 5.41 Å². The van der Waals surface area contributed by atoms with E-state index >= 15 is 0 Å². The Balaban J connectivity index is 1.60. The van der Waals surface area contributed by atoms with Gasteiger partial charge in [-0.05, 0) is 84.7 Å². The second kappa shape index (κ2) is 7.56. The maximum absolute atomic E-state index is 10.2. The van der Waals surface area contributed by atoms with Crippen LogP contribution in [0.5, 0.6) is 0 Å². The summed E-state index contributed by atoms with van der Waals surface area (Å²) in [5, 5.41) is 10.2. The number of aliphatic hydroxyl groups is 1. The minimum absolute atomic E-state index is 0.143. The molecule has 0 aliphatic heterocycles. The van der Waals surface area contributed by atoms with E-state index in [2.05, 4.69) is 71.9 Å². The maximum Gasteiger partial charge on any atom is 0.0578 e. The molecule has 7 atom stereocenters. The molecule has 0 aromatic rings.